The summed E-state index contributed by atoms with van der Waals surface area (Å²) < 4.78 is 0. The highest BCUT2D eigenvalue weighted by atomic mass is 79.9. The lowest BCUT2D eigenvalue weighted by Gasteiger charge is -2.23. The first-order valence-corrected chi connectivity index (χ1v) is 6.16. The van der Waals surface area contributed by atoms with Crippen molar-refractivity contribution >= 4 is 21.8 Å². The van der Waals surface area contributed by atoms with Crippen LogP contribution in [-0.2, 0) is 0 Å². The number of phenolic OH excluding ortho intramolecular Hbond substituents is 1. The van der Waals surface area contributed by atoms with Gasteiger partial charge < -0.3 is 10.4 Å². The molecular formula is C12H16BrNO2. The van der Waals surface area contributed by atoms with Crippen LogP contribution < -0.4 is 5.32 Å². The Labute approximate surface area is 104 Å². The maximum atomic E-state index is 11.9. The van der Waals surface area contributed by atoms with Gasteiger partial charge in [0.1, 0.15) is 5.75 Å². The molecule has 1 rings (SSSR count). The van der Waals surface area contributed by atoms with E-state index in [-0.39, 0.29) is 17.2 Å². The third-order valence-corrected chi connectivity index (χ3v) is 3.58. The van der Waals surface area contributed by atoms with E-state index in [1.807, 2.05) is 20.8 Å². The molecule has 0 aromatic heterocycles. The second kappa shape index (κ2) is 4.87. The molecule has 4 heteroatoms. The number of carbonyl (C=O) groups excluding carboxylic acids is 1. The van der Waals surface area contributed by atoms with Crippen molar-refractivity contribution in [2.75, 3.05) is 5.33 Å². The fourth-order valence-corrected chi connectivity index (χ4v) is 1.38. The van der Waals surface area contributed by atoms with Crippen LogP contribution in [-0.4, -0.2) is 21.9 Å². The zero-order chi connectivity index (χ0) is 12.3. The van der Waals surface area contributed by atoms with Gasteiger partial charge in [-0.1, -0.05) is 27.6 Å². The molecule has 0 bridgehead atoms. The predicted octanol–water partition coefficient (Wildman–Crippen LogP) is 2.60. The standard InChI is InChI=1S/C12H16BrNO2/c1-8-4-5-10(15)9(6-8)11(16)14-12(2,3)7-13/h4-6,15H,7H2,1-3H3,(H,14,16). The minimum atomic E-state index is -0.340. The van der Waals surface area contributed by atoms with Crippen LogP contribution in [0.25, 0.3) is 0 Å². The van der Waals surface area contributed by atoms with Crippen molar-refractivity contribution in [2.45, 2.75) is 26.3 Å². The zero-order valence-electron chi connectivity index (χ0n) is 9.67. The Hall–Kier alpha value is -1.03. The van der Waals surface area contributed by atoms with E-state index in [1.54, 1.807) is 12.1 Å². The molecule has 3 nitrogen and oxygen atoms in total. The first-order valence-electron chi connectivity index (χ1n) is 5.04. The number of amides is 1. The highest BCUT2D eigenvalue weighted by Crippen LogP contribution is 2.19. The van der Waals surface area contributed by atoms with E-state index in [4.69, 9.17) is 0 Å². The second-order valence-electron chi connectivity index (χ2n) is 4.49. The van der Waals surface area contributed by atoms with E-state index in [9.17, 15) is 9.90 Å². The average Bonchev–Trinajstić information content (AvgIpc) is 2.21. The molecule has 0 heterocycles. The van der Waals surface area contributed by atoms with E-state index in [1.165, 1.54) is 6.07 Å². The van der Waals surface area contributed by atoms with Crippen molar-refractivity contribution in [3.05, 3.63) is 29.3 Å². The third-order valence-electron chi connectivity index (χ3n) is 2.18. The Morgan fingerprint density at radius 1 is 1.50 bits per heavy atom. The van der Waals surface area contributed by atoms with Crippen molar-refractivity contribution < 1.29 is 9.90 Å². The third kappa shape index (κ3) is 3.23. The van der Waals surface area contributed by atoms with E-state index >= 15 is 0 Å². The zero-order valence-corrected chi connectivity index (χ0v) is 11.3. The molecule has 0 aliphatic carbocycles. The number of phenols is 1. The fraction of sp³-hybridized carbons (Fsp3) is 0.417. The minimum absolute atomic E-state index is 0.00784. The lowest BCUT2D eigenvalue weighted by Crippen LogP contribution is -2.44. The number of aryl methyl sites for hydroxylation is 1. The number of carbonyl (C=O) groups is 1. The molecule has 1 aromatic rings. The van der Waals surface area contributed by atoms with Crippen LogP contribution in [0.4, 0.5) is 0 Å². The van der Waals surface area contributed by atoms with Gasteiger partial charge in [-0.05, 0) is 32.9 Å². The summed E-state index contributed by atoms with van der Waals surface area (Å²) in [4.78, 5) is 11.9. The molecule has 0 unspecified atom stereocenters. The Morgan fingerprint density at radius 3 is 2.69 bits per heavy atom. The molecule has 88 valence electrons. The number of rotatable bonds is 3. The molecule has 0 saturated carbocycles. The predicted molar refractivity (Wildman–Crippen MR) is 68.2 cm³/mol. The van der Waals surface area contributed by atoms with Gasteiger partial charge in [0.05, 0.1) is 5.56 Å². The summed E-state index contributed by atoms with van der Waals surface area (Å²) in [5.41, 5.74) is 0.918. The Balaban J connectivity index is 2.93. The minimum Gasteiger partial charge on any atom is -0.507 e. The summed E-state index contributed by atoms with van der Waals surface area (Å²) in [5.74, 6) is -0.251. The summed E-state index contributed by atoms with van der Waals surface area (Å²) in [6, 6.07) is 4.97. The van der Waals surface area contributed by atoms with Gasteiger partial charge in [0.2, 0.25) is 0 Å². The van der Waals surface area contributed by atoms with E-state index in [0.29, 0.717) is 10.9 Å². The molecule has 1 amide bonds. The van der Waals surface area contributed by atoms with Gasteiger partial charge in [0, 0.05) is 10.9 Å². The molecular weight excluding hydrogens is 270 g/mol. The van der Waals surface area contributed by atoms with E-state index in [2.05, 4.69) is 21.2 Å². The second-order valence-corrected chi connectivity index (χ2v) is 5.05. The highest BCUT2D eigenvalue weighted by molar-refractivity contribution is 9.09. The normalized spacial score (nSPS) is 11.2. The molecule has 0 saturated heterocycles. The monoisotopic (exact) mass is 285 g/mol. The van der Waals surface area contributed by atoms with Crippen LogP contribution in [0.2, 0.25) is 0 Å². The van der Waals surface area contributed by atoms with Crippen molar-refractivity contribution in [2.24, 2.45) is 0 Å². The summed E-state index contributed by atoms with van der Waals surface area (Å²) in [7, 11) is 0. The molecule has 0 aliphatic heterocycles. The van der Waals surface area contributed by atoms with Crippen molar-refractivity contribution in [3.8, 4) is 5.75 Å². The molecule has 2 N–H and O–H groups in total. The number of nitrogens with one attached hydrogen (secondary N) is 1. The number of benzene rings is 1. The Morgan fingerprint density at radius 2 is 2.12 bits per heavy atom. The van der Waals surface area contributed by atoms with Crippen molar-refractivity contribution in [1.29, 1.82) is 0 Å². The van der Waals surface area contributed by atoms with Gasteiger partial charge in [0.15, 0.2) is 0 Å². The summed E-state index contributed by atoms with van der Waals surface area (Å²) in [6.07, 6.45) is 0. The lowest BCUT2D eigenvalue weighted by atomic mass is 10.1. The van der Waals surface area contributed by atoms with Crippen LogP contribution in [0.1, 0.15) is 29.8 Å². The highest BCUT2D eigenvalue weighted by Gasteiger charge is 2.21. The van der Waals surface area contributed by atoms with Gasteiger partial charge in [-0.15, -0.1) is 0 Å². The Bertz CT molecular complexity index is 402. The fourth-order valence-electron chi connectivity index (χ4n) is 1.24. The number of aromatic hydroxyl groups is 1. The summed E-state index contributed by atoms with van der Waals surface area (Å²) >= 11 is 3.33. The van der Waals surface area contributed by atoms with Crippen LogP contribution in [0.15, 0.2) is 18.2 Å². The number of halogens is 1. The lowest BCUT2D eigenvalue weighted by molar-refractivity contribution is 0.0918. The van der Waals surface area contributed by atoms with Crippen LogP contribution in [0.5, 0.6) is 5.75 Å². The van der Waals surface area contributed by atoms with Crippen LogP contribution in [0, 0.1) is 6.92 Å². The van der Waals surface area contributed by atoms with Gasteiger partial charge in [-0.25, -0.2) is 0 Å². The van der Waals surface area contributed by atoms with Gasteiger partial charge >= 0.3 is 0 Å². The Kier molecular flexibility index (Phi) is 3.97. The van der Waals surface area contributed by atoms with Crippen LogP contribution in [0.3, 0.4) is 0 Å². The van der Waals surface area contributed by atoms with Gasteiger partial charge in [-0.2, -0.15) is 0 Å². The molecule has 16 heavy (non-hydrogen) atoms. The topological polar surface area (TPSA) is 49.3 Å². The SMILES string of the molecule is Cc1ccc(O)c(C(=O)NC(C)(C)CBr)c1. The number of hydrogen-bond donors (Lipinski definition) is 2. The van der Waals surface area contributed by atoms with E-state index in [0.717, 1.165) is 5.56 Å². The van der Waals surface area contributed by atoms with Crippen molar-refractivity contribution in [1.82, 2.24) is 5.32 Å². The molecule has 0 fully saturated rings. The average molecular weight is 286 g/mol. The van der Waals surface area contributed by atoms with Gasteiger partial charge in [-0.3, -0.25) is 4.79 Å². The number of alkyl halides is 1. The first kappa shape index (κ1) is 13.0. The summed E-state index contributed by atoms with van der Waals surface area (Å²) in [6.45, 7) is 5.70. The largest absolute Gasteiger partial charge is 0.507 e. The van der Waals surface area contributed by atoms with Crippen molar-refractivity contribution in [3.63, 3.8) is 0 Å². The maximum Gasteiger partial charge on any atom is 0.255 e. The molecule has 0 aliphatic rings. The first-order chi connectivity index (χ1) is 7.35. The molecule has 1 aromatic carbocycles. The maximum absolute atomic E-state index is 11.9. The van der Waals surface area contributed by atoms with Crippen LogP contribution >= 0.6 is 15.9 Å². The quantitative estimate of drug-likeness (QED) is 0.839. The molecule has 0 radical (unpaired) electrons. The van der Waals surface area contributed by atoms with Gasteiger partial charge in [0.25, 0.3) is 5.91 Å². The molecule has 0 atom stereocenters. The van der Waals surface area contributed by atoms with E-state index < -0.39 is 0 Å². The molecule has 0 spiro atoms. The summed E-state index contributed by atoms with van der Waals surface area (Å²) in [5, 5.41) is 13.1. The smallest absolute Gasteiger partial charge is 0.255 e. The number of hydrogen-bond acceptors (Lipinski definition) is 2.